The number of amides is 1. The molecule has 1 fully saturated rings. The number of nitrogen functional groups attached to an aromatic ring is 1. The second-order valence-electron chi connectivity index (χ2n) is 6.35. The molecule has 0 saturated carbocycles. The fraction of sp³-hybridized carbons (Fsp3) is 0.211. The van der Waals surface area contributed by atoms with Gasteiger partial charge in [0.1, 0.15) is 17.7 Å². The van der Waals surface area contributed by atoms with Gasteiger partial charge in [0.05, 0.1) is 10.3 Å². The predicted octanol–water partition coefficient (Wildman–Crippen LogP) is 5.17. The van der Waals surface area contributed by atoms with Gasteiger partial charge in [-0.05, 0) is 42.8 Å². The van der Waals surface area contributed by atoms with Crippen LogP contribution in [0.1, 0.15) is 22.9 Å². The van der Waals surface area contributed by atoms with Crippen molar-refractivity contribution in [1.29, 1.82) is 0 Å². The van der Waals surface area contributed by atoms with Crippen molar-refractivity contribution >= 4 is 63.0 Å². The summed E-state index contributed by atoms with van der Waals surface area (Å²) in [5.74, 6) is 0.499. The molecule has 2 N–H and O–H groups in total. The Morgan fingerprint density at radius 3 is 2.79 bits per heavy atom. The van der Waals surface area contributed by atoms with E-state index in [9.17, 15) is 4.79 Å². The zero-order chi connectivity index (χ0) is 20.5. The van der Waals surface area contributed by atoms with E-state index in [0.717, 1.165) is 5.56 Å². The maximum Gasteiger partial charge on any atom is 0.242 e. The number of anilines is 2. The second kappa shape index (κ2) is 8.39. The molecule has 0 bridgehead atoms. The van der Waals surface area contributed by atoms with Crippen molar-refractivity contribution in [2.75, 3.05) is 10.6 Å². The van der Waals surface area contributed by atoms with Crippen LogP contribution in [0.25, 0.3) is 0 Å². The van der Waals surface area contributed by atoms with Crippen LogP contribution < -0.4 is 15.4 Å². The summed E-state index contributed by atoms with van der Waals surface area (Å²) in [7, 11) is 0. The summed E-state index contributed by atoms with van der Waals surface area (Å²) in [6.45, 7) is 2.08. The Labute approximate surface area is 186 Å². The number of halogens is 2. The highest BCUT2D eigenvalue weighted by Gasteiger charge is 2.41. The van der Waals surface area contributed by atoms with Crippen LogP contribution in [-0.4, -0.2) is 21.4 Å². The van der Waals surface area contributed by atoms with E-state index in [-0.39, 0.29) is 23.1 Å². The number of nitrogens with two attached hydrogens (primary N) is 1. The fourth-order valence-corrected chi connectivity index (χ4v) is 5.45. The molecule has 150 valence electrons. The average molecular weight is 467 g/mol. The first-order valence-corrected chi connectivity index (χ1v) is 11.2. The molecule has 0 spiro atoms. The minimum Gasteiger partial charge on any atom is -0.485 e. The molecule has 4 rings (SSSR count). The Morgan fingerprint density at radius 2 is 2.03 bits per heavy atom. The van der Waals surface area contributed by atoms with Crippen molar-refractivity contribution in [1.82, 2.24) is 10.2 Å². The Hall–Kier alpha value is -2.00. The van der Waals surface area contributed by atoms with E-state index in [4.69, 9.17) is 33.7 Å². The highest BCUT2D eigenvalue weighted by molar-refractivity contribution is 8.01. The Kier molecular flexibility index (Phi) is 5.87. The van der Waals surface area contributed by atoms with Gasteiger partial charge in [-0.25, -0.2) is 0 Å². The Balaban J connectivity index is 1.54. The molecule has 0 radical (unpaired) electrons. The lowest BCUT2D eigenvalue weighted by atomic mass is 10.2. The van der Waals surface area contributed by atoms with Crippen LogP contribution >= 0.6 is 46.3 Å². The van der Waals surface area contributed by atoms with Gasteiger partial charge in [-0.15, -0.1) is 22.0 Å². The van der Waals surface area contributed by atoms with Gasteiger partial charge in [0.25, 0.3) is 0 Å². The van der Waals surface area contributed by atoms with Gasteiger partial charge >= 0.3 is 0 Å². The maximum atomic E-state index is 12.8. The topological polar surface area (TPSA) is 81.3 Å². The zero-order valence-electron chi connectivity index (χ0n) is 15.2. The standard InChI is InChI=1S/C19H16Cl2N4O2S2/c1-10-17(26)25(18(28-10)11-3-2-4-13(22)7-11)19-24-23-16(29-19)9-27-15-6-5-12(20)8-14(15)21/h2-8,10,18H,9,22H2,1H3. The molecule has 1 saturated heterocycles. The van der Waals surface area contributed by atoms with Gasteiger partial charge in [-0.3, -0.25) is 9.69 Å². The summed E-state index contributed by atoms with van der Waals surface area (Å²) in [5, 5.41) is 10.1. The van der Waals surface area contributed by atoms with Gasteiger partial charge in [0, 0.05) is 10.7 Å². The van der Waals surface area contributed by atoms with Crippen LogP contribution in [-0.2, 0) is 11.4 Å². The SMILES string of the molecule is CC1SC(c2cccc(N)c2)N(c2nnc(COc3ccc(Cl)cc3Cl)s2)C1=O. The van der Waals surface area contributed by atoms with Crippen molar-refractivity contribution in [2.45, 2.75) is 24.2 Å². The molecule has 3 aromatic rings. The van der Waals surface area contributed by atoms with E-state index < -0.39 is 0 Å². The van der Waals surface area contributed by atoms with Gasteiger partial charge in [0.15, 0.2) is 5.01 Å². The van der Waals surface area contributed by atoms with E-state index >= 15 is 0 Å². The Morgan fingerprint density at radius 1 is 1.21 bits per heavy atom. The summed E-state index contributed by atoms with van der Waals surface area (Å²) < 4.78 is 5.72. The van der Waals surface area contributed by atoms with Gasteiger partial charge in [-0.1, -0.05) is 46.7 Å². The molecule has 2 unspecified atom stereocenters. The smallest absolute Gasteiger partial charge is 0.242 e. The lowest BCUT2D eigenvalue weighted by molar-refractivity contribution is -0.117. The normalized spacial score (nSPS) is 19.0. The molecule has 2 atom stereocenters. The first-order valence-electron chi connectivity index (χ1n) is 8.66. The first kappa shape index (κ1) is 20.3. The Bertz CT molecular complexity index is 1060. The molecule has 0 aliphatic carbocycles. The van der Waals surface area contributed by atoms with Crippen LogP contribution in [0.2, 0.25) is 10.0 Å². The van der Waals surface area contributed by atoms with Gasteiger partial charge in [0.2, 0.25) is 11.0 Å². The summed E-state index contributed by atoms with van der Waals surface area (Å²) in [6.07, 6.45) is 0. The monoisotopic (exact) mass is 466 g/mol. The number of hydrogen-bond donors (Lipinski definition) is 1. The minimum absolute atomic E-state index is 0.00760. The number of hydrogen-bond acceptors (Lipinski definition) is 7. The van der Waals surface area contributed by atoms with Crippen LogP contribution in [0.5, 0.6) is 5.75 Å². The molecular weight excluding hydrogens is 451 g/mol. The third-order valence-corrected chi connectivity index (χ3v) is 7.03. The van der Waals surface area contributed by atoms with Crippen LogP contribution in [0.3, 0.4) is 0 Å². The summed E-state index contributed by atoms with van der Waals surface area (Å²) in [5.41, 5.74) is 7.53. The van der Waals surface area contributed by atoms with Crippen LogP contribution in [0.4, 0.5) is 10.8 Å². The van der Waals surface area contributed by atoms with Gasteiger partial charge < -0.3 is 10.5 Å². The minimum atomic E-state index is -0.201. The third kappa shape index (κ3) is 4.30. The highest BCUT2D eigenvalue weighted by atomic mass is 35.5. The first-order chi connectivity index (χ1) is 13.9. The van der Waals surface area contributed by atoms with E-state index in [2.05, 4.69) is 10.2 Å². The number of benzene rings is 2. The van der Waals surface area contributed by atoms with Crippen molar-refractivity contribution in [3.8, 4) is 5.75 Å². The number of aromatic nitrogens is 2. The number of carbonyl (C=O) groups excluding carboxylic acids is 1. The average Bonchev–Trinajstić information content (AvgIpc) is 3.26. The van der Waals surface area contributed by atoms with E-state index in [0.29, 0.717) is 31.6 Å². The number of ether oxygens (including phenoxy) is 1. The molecule has 2 heterocycles. The summed E-state index contributed by atoms with van der Waals surface area (Å²) in [6, 6.07) is 12.6. The molecule has 29 heavy (non-hydrogen) atoms. The number of carbonyl (C=O) groups is 1. The fourth-order valence-electron chi connectivity index (χ4n) is 2.89. The number of nitrogens with zero attached hydrogens (tertiary/aromatic N) is 3. The van der Waals surface area contributed by atoms with Gasteiger partial charge in [-0.2, -0.15) is 0 Å². The summed E-state index contributed by atoms with van der Waals surface area (Å²) >= 11 is 14.9. The molecule has 6 nitrogen and oxygen atoms in total. The predicted molar refractivity (Wildman–Crippen MR) is 119 cm³/mol. The molecule has 1 aliphatic rings. The number of thioether (sulfide) groups is 1. The van der Waals surface area contributed by atoms with Crippen molar-refractivity contribution in [2.24, 2.45) is 0 Å². The van der Waals surface area contributed by atoms with Crippen LogP contribution in [0.15, 0.2) is 42.5 Å². The van der Waals surface area contributed by atoms with Crippen molar-refractivity contribution in [3.05, 3.63) is 63.1 Å². The molecule has 2 aromatic carbocycles. The van der Waals surface area contributed by atoms with Crippen molar-refractivity contribution in [3.63, 3.8) is 0 Å². The summed E-state index contributed by atoms with van der Waals surface area (Å²) in [4.78, 5) is 14.5. The quantitative estimate of drug-likeness (QED) is 0.522. The lowest BCUT2D eigenvalue weighted by Gasteiger charge is -2.21. The molecule has 1 aliphatic heterocycles. The van der Waals surface area contributed by atoms with Crippen molar-refractivity contribution < 1.29 is 9.53 Å². The molecule has 10 heteroatoms. The molecular formula is C19H16Cl2N4O2S2. The van der Waals surface area contributed by atoms with E-state index in [1.165, 1.54) is 11.3 Å². The largest absolute Gasteiger partial charge is 0.485 e. The van der Waals surface area contributed by atoms with Crippen LogP contribution in [0, 0.1) is 0 Å². The van der Waals surface area contributed by atoms with E-state index in [1.807, 2.05) is 31.2 Å². The number of rotatable bonds is 5. The second-order valence-corrected chi connectivity index (χ2v) is 9.66. The maximum absolute atomic E-state index is 12.8. The zero-order valence-corrected chi connectivity index (χ0v) is 18.4. The molecule has 1 aromatic heterocycles. The third-order valence-electron chi connectivity index (χ3n) is 4.26. The van der Waals surface area contributed by atoms with E-state index in [1.54, 1.807) is 34.9 Å². The molecule has 1 amide bonds. The highest BCUT2D eigenvalue weighted by Crippen LogP contribution is 2.46. The lowest BCUT2D eigenvalue weighted by Crippen LogP contribution is -2.30.